The lowest BCUT2D eigenvalue weighted by molar-refractivity contribution is -0.138. The Kier molecular flexibility index (Phi) is 5.14. The van der Waals surface area contributed by atoms with Crippen molar-refractivity contribution in [2.24, 2.45) is 0 Å². The molecule has 5 heteroatoms. The first-order chi connectivity index (χ1) is 10.3. The number of nitrogens with one attached hydrogen (secondary N) is 1. The lowest BCUT2D eigenvalue weighted by Crippen LogP contribution is -2.41. The second-order valence-corrected chi connectivity index (χ2v) is 6.68. The molecule has 0 aromatic rings. The Labute approximate surface area is 127 Å². The van der Waals surface area contributed by atoms with Gasteiger partial charge >= 0.3 is 0 Å². The fraction of sp³-hybridized carbons (Fsp3) is 0.938. The van der Waals surface area contributed by atoms with Crippen molar-refractivity contribution < 1.29 is 14.3 Å². The zero-order chi connectivity index (χ0) is 14.5. The molecule has 0 radical (unpaired) electrons. The van der Waals surface area contributed by atoms with Crippen LogP contribution in [0.15, 0.2) is 0 Å². The van der Waals surface area contributed by atoms with Gasteiger partial charge < -0.3 is 19.7 Å². The number of carbonyl (C=O) groups excluding carboxylic acids is 1. The van der Waals surface area contributed by atoms with Crippen LogP contribution < -0.4 is 5.32 Å². The van der Waals surface area contributed by atoms with Gasteiger partial charge in [0.15, 0.2) is 0 Å². The molecule has 21 heavy (non-hydrogen) atoms. The number of rotatable bonds is 3. The summed E-state index contributed by atoms with van der Waals surface area (Å²) in [6, 6.07) is 0. The van der Waals surface area contributed by atoms with Crippen molar-refractivity contribution in [1.29, 1.82) is 0 Å². The van der Waals surface area contributed by atoms with Crippen LogP contribution in [0.2, 0.25) is 0 Å². The Hall–Kier alpha value is -0.650. The number of amides is 1. The Morgan fingerprint density at radius 2 is 1.90 bits per heavy atom. The van der Waals surface area contributed by atoms with Gasteiger partial charge in [-0.25, -0.2) is 0 Å². The fourth-order valence-electron chi connectivity index (χ4n) is 3.74. The van der Waals surface area contributed by atoms with Crippen LogP contribution in [-0.4, -0.2) is 61.9 Å². The number of likely N-dealkylation sites (tertiary alicyclic amines) is 1. The third kappa shape index (κ3) is 3.96. The minimum absolute atomic E-state index is 0.0154. The Bertz CT molecular complexity index is 347. The van der Waals surface area contributed by atoms with E-state index in [1.165, 1.54) is 12.8 Å². The fourth-order valence-corrected chi connectivity index (χ4v) is 3.74. The van der Waals surface area contributed by atoms with Gasteiger partial charge in [0.25, 0.3) is 0 Å². The molecule has 3 rings (SSSR count). The second-order valence-electron chi connectivity index (χ2n) is 6.68. The quantitative estimate of drug-likeness (QED) is 0.853. The summed E-state index contributed by atoms with van der Waals surface area (Å²) in [5, 5.41) is 3.37. The summed E-state index contributed by atoms with van der Waals surface area (Å²) in [5.41, 5.74) is 0.0154. The van der Waals surface area contributed by atoms with Gasteiger partial charge in [0, 0.05) is 19.5 Å². The van der Waals surface area contributed by atoms with E-state index in [9.17, 15) is 4.79 Å². The summed E-state index contributed by atoms with van der Waals surface area (Å²) in [6.45, 7) is 4.73. The van der Waals surface area contributed by atoms with Gasteiger partial charge in [0.1, 0.15) is 6.61 Å². The number of hydrogen-bond donors (Lipinski definition) is 1. The summed E-state index contributed by atoms with van der Waals surface area (Å²) in [5.74, 6) is 0.156. The summed E-state index contributed by atoms with van der Waals surface area (Å²) >= 11 is 0. The monoisotopic (exact) mass is 296 g/mol. The van der Waals surface area contributed by atoms with Crippen molar-refractivity contribution in [3.8, 4) is 0 Å². The van der Waals surface area contributed by atoms with Crippen LogP contribution in [0.4, 0.5) is 0 Å². The average molecular weight is 296 g/mol. The van der Waals surface area contributed by atoms with E-state index in [-0.39, 0.29) is 24.2 Å². The number of ether oxygens (including phenoxy) is 2. The van der Waals surface area contributed by atoms with Gasteiger partial charge in [-0.3, -0.25) is 4.79 Å². The van der Waals surface area contributed by atoms with Gasteiger partial charge in [0.2, 0.25) is 5.91 Å². The highest BCUT2D eigenvalue weighted by molar-refractivity contribution is 5.77. The van der Waals surface area contributed by atoms with Gasteiger partial charge in [-0.1, -0.05) is 12.8 Å². The molecule has 3 saturated heterocycles. The lowest BCUT2D eigenvalue weighted by Gasteiger charge is -2.32. The van der Waals surface area contributed by atoms with Crippen molar-refractivity contribution in [1.82, 2.24) is 10.2 Å². The van der Waals surface area contributed by atoms with E-state index in [2.05, 4.69) is 5.32 Å². The molecule has 120 valence electrons. The molecular formula is C16H28N2O3. The zero-order valence-corrected chi connectivity index (χ0v) is 12.9. The maximum atomic E-state index is 12.2. The SMILES string of the molecule is O=C(COC1COC2(CCNCC2)C1)N1CCCCCC1. The van der Waals surface area contributed by atoms with Crippen LogP contribution in [0.1, 0.15) is 44.9 Å². The highest BCUT2D eigenvalue weighted by Gasteiger charge is 2.41. The third-order valence-corrected chi connectivity index (χ3v) is 5.09. The number of nitrogens with zero attached hydrogens (tertiary/aromatic N) is 1. The molecule has 3 heterocycles. The third-order valence-electron chi connectivity index (χ3n) is 5.09. The van der Waals surface area contributed by atoms with Crippen LogP contribution in [0.3, 0.4) is 0 Å². The molecule has 1 spiro atoms. The van der Waals surface area contributed by atoms with Crippen molar-refractivity contribution in [3.05, 3.63) is 0 Å². The average Bonchev–Trinajstić information content (AvgIpc) is 2.74. The van der Waals surface area contributed by atoms with E-state index in [1.54, 1.807) is 0 Å². The molecule has 0 aromatic carbocycles. The predicted molar refractivity (Wildman–Crippen MR) is 80.2 cm³/mol. The first-order valence-corrected chi connectivity index (χ1v) is 8.52. The molecule has 3 aliphatic rings. The van der Waals surface area contributed by atoms with Crippen molar-refractivity contribution in [3.63, 3.8) is 0 Å². The number of carbonyl (C=O) groups is 1. The predicted octanol–water partition coefficient (Wildman–Crippen LogP) is 1.32. The highest BCUT2D eigenvalue weighted by atomic mass is 16.6. The standard InChI is InChI=1S/C16H28N2O3/c19-15(18-9-3-1-2-4-10-18)13-20-14-11-16(21-12-14)5-7-17-8-6-16/h14,17H,1-13H2. The van der Waals surface area contributed by atoms with E-state index in [0.717, 1.165) is 58.3 Å². The molecule has 1 amide bonds. The number of hydrogen-bond acceptors (Lipinski definition) is 4. The minimum atomic E-state index is 0.0154. The van der Waals surface area contributed by atoms with E-state index < -0.39 is 0 Å². The molecule has 1 N–H and O–H groups in total. The van der Waals surface area contributed by atoms with E-state index in [4.69, 9.17) is 9.47 Å². The van der Waals surface area contributed by atoms with Gasteiger partial charge in [-0.2, -0.15) is 0 Å². The van der Waals surface area contributed by atoms with Crippen LogP contribution in [-0.2, 0) is 14.3 Å². The first-order valence-electron chi connectivity index (χ1n) is 8.52. The van der Waals surface area contributed by atoms with E-state index in [1.807, 2.05) is 4.90 Å². The Balaban J connectivity index is 1.42. The van der Waals surface area contributed by atoms with Gasteiger partial charge in [-0.05, 0) is 38.8 Å². The molecule has 0 aliphatic carbocycles. The largest absolute Gasteiger partial charge is 0.372 e. The maximum absolute atomic E-state index is 12.2. The first kappa shape index (κ1) is 15.3. The van der Waals surface area contributed by atoms with Crippen molar-refractivity contribution in [2.75, 3.05) is 39.4 Å². The van der Waals surface area contributed by atoms with Crippen LogP contribution in [0, 0.1) is 0 Å². The van der Waals surface area contributed by atoms with Crippen LogP contribution in [0.5, 0.6) is 0 Å². The molecule has 3 aliphatic heterocycles. The van der Waals surface area contributed by atoms with E-state index in [0.29, 0.717) is 6.61 Å². The Morgan fingerprint density at radius 3 is 2.62 bits per heavy atom. The summed E-state index contributed by atoms with van der Waals surface area (Å²) in [4.78, 5) is 14.2. The second kappa shape index (κ2) is 7.07. The van der Waals surface area contributed by atoms with Crippen molar-refractivity contribution >= 4 is 5.91 Å². The summed E-state index contributed by atoms with van der Waals surface area (Å²) in [6.07, 6.45) is 7.93. The molecule has 0 bridgehead atoms. The Morgan fingerprint density at radius 1 is 1.19 bits per heavy atom. The van der Waals surface area contributed by atoms with Crippen LogP contribution in [0.25, 0.3) is 0 Å². The molecule has 3 fully saturated rings. The molecule has 1 atom stereocenters. The molecular weight excluding hydrogens is 268 g/mol. The molecule has 0 saturated carbocycles. The summed E-state index contributed by atoms with van der Waals surface area (Å²) < 4.78 is 11.9. The molecule has 5 nitrogen and oxygen atoms in total. The number of piperidine rings is 1. The zero-order valence-electron chi connectivity index (χ0n) is 12.9. The minimum Gasteiger partial charge on any atom is -0.372 e. The van der Waals surface area contributed by atoms with Gasteiger partial charge in [0.05, 0.1) is 18.3 Å². The topological polar surface area (TPSA) is 50.8 Å². The maximum Gasteiger partial charge on any atom is 0.248 e. The lowest BCUT2D eigenvalue weighted by atomic mass is 9.89. The molecule has 0 aromatic heterocycles. The summed E-state index contributed by atoms with van der Waals surface area (Å²) in [7, 11) is 0. The van der Waals surface area contributed by atoms with Crippen LogP contribution >= 0.6 is 0 Å². The van der Waals surface area contributed by atoms with Gasteiger partial charge in [-0.15, -0.1) is 0 Å². The highest BCUT2D eigenvalue weighted by Crippen LogP contribution is 2.35. The normalized spacial score (nSPS) is 29.5. The smallest absolute Gasteiger partial charge is 0.248 e. The van der Waals surface area contributed by atoms with E-state index >= 15 is 0 Å². The molecule has 1 unspecified atom stereocenters. The van der Waals surface area contributed by atoms with Crippen molar-refractivity contribution in [2.45, 2.75) is 56.7 Å².